The first-order chi connectivity index (χ1) is 15.0. The average Bonchev–Trinajstić information content (AvgIpc) is 3.34. The number of aromatic nitrogens is 3. The van der Waals surface area contributed by atoms with Crippen LogP contribution < -0.4 is 0 Å². The van der Waals surface area contributed by atoms with Gasteiger partial charge in [0.15, 0.2) is 5.60 Å². The summed E-state index contributed by atoms with van der Waals surface area (Å²) in [6, 6.07) is 1.55. The summed E-state index contributed by atoms with van der Waals surface area (Å²) in [5.74, 6) is 0. The van der Waals surface area contributed by atoms with Crippen LogP contribution in [0.4, 0.5) is 8.78 Å². The van der Waals surface area contributed by atoms with Gasteiger partial charge in [-0.15, -0.1) is 16.4 Å². The molecule has 0 bridgehead atoms. The first-order valence-corrected chi connectivity index (χ1v) is 11.9. The second-order valence-corrected chi connectivity index (χ2v) is 11.5. The number of aliphatic hydroxyl groups excluding tert-OH is 1. The third kappa shape index (κ3) is 4.33. The van der Waals surface area contributed by atoms with E-state index >= 15 is 0 Å². The number of likely N-dealkylation sites (tertiary alicyclic amines) is 1. The van der Waals surface area contributed by atoms with E-state index in [4.69, 9.17) is 16.3 Å². The van der Waals surface area contributed by atoms with Gasteiger partial charge in [0.1, 0.15) is 5.60 Å². The Labute approximate surface area is 194 Å². The SMILES string of the molecule is C[C@H]1C[C@@]2(CCN1Cc1cn(CC(C)(C)CO)nn1)OC[C@](O)(C(F)F)c1cc(Cl)sc12. The number of piperidine rings is 1. The molecule has 1 spiro atoms. The van der Waals surface area contributed by atoms with Gasteiger partial charge in [0.2, 0.25) is 0 Å². The Bertz CT molecular complexity index is 971. The zero-order valence-electron chi connectivity index (χ0n) is 18.4. The lowest BCUT2D eigenvalue weighted by atomic mass is 9.78. The van der Waals surface area contributed by atoms with E-state index in [0.717, 1.165) is 5.69 Å². The van der Waals surface area contributed by atoms with Gasteiger partial charge < -0.3 is 14.9 Å². The van der Waals surface area contributed by atoms with E-state index in [1.54, 1.807) is 4.68 Å². The molecule has 7 nitrogen and oxygen atoms in total. The zero-order chi connectivity index (χ0) is 23.3. The molecule has 2 aromatic rings. The molecule has 2 aliphatic heterocycles. The minimum Gasteiger partial charge on any atom is -0.396 e. The van der Waals surface area contributed by atoms with Gasteiger partial charge in [0.05, 0.1) is 16.6 Å². The number of hydrogen-bond donors (Lipinski definition) is 2. The number of thiophene rings is 1. The molecule has 2 aliphatic rings. The lowest BCUT2D eigenvalue weighted by Crippen LogP contribution is -2.54. The smallest absolute Gasteiger partial charge is 0.273 e. The van der Waals surface area contributed by atoms with Gasteiger partial charge >= 0.3 is 0 Å². The number of alkyl halides is 2. The van der Waals surface area contributed by atoms with Crippen molar-refractivity contribution in [2.45, 2.75) is 70.4 Å². The fourth-order valence-corrected chi connectivity index (χ4v) is 6.09. The van der Waals surface area contributed by atoms with Gasteiger partial charge in [-0.2, -0.15) is 0 Å². The lowest BCUT2D eigenvalue weighted by Gasteiger charge is -2.49. The van der Waals surface area contributed by atoms with Crippen LogP contribution in [0.1, 0.15) is 49.7 Å². The van der Waals surface area contributed by atoms with Gasteiger partial charge in [0.25, 0.3) is 6.43 Å². The van der Waals surface area contributed by atoms with Crippen LogP contribution in [-0.2, 0) is 29.0 Å². The number of fused-ring (bicyclic) bond motifs is 2. The first-order valence-electron chi connectivity index (χ1n) is 10.7. The third-order valence-corrected chi connectivity index (χ3v) is 7.98. The van der Waals surface area contributed by atoms with Crippen molar-refractivity contribution in [3.05, 3.63) is 32.7 Å². The summed E-state index contributed by atoms with van der Waals surface area (Å²) >= 11 is 7.40. The first kappa shape index (κ1) is 24.0. The van der Waals surface area contributed by atoms with Crippen molar-refractivity contribution in [2.24, 2.45) is 5.41 Å². The maximum absolute atomic E-state index is 13.7. The maximum atomic E-state index is 13.7. The Morgan fingerprint density at radius 2 is 2.19 bits per heavy atom. The van der Waals surface area contributed by atoms with Crippen LogP contribution in [0.3, 0.4) is 0 Å². The van der Waals surface area contributed by atoms with Crippen molar-refractivity contribution in [3.8, 4) is 0 Å². The standard InChI is InChI=1S/C21H29ClF2N4O3S/c1-13-7-20(17-15(6-16(22)32-17)21(30,12-31-20)18(23)24)4-5-27(13)8-14-9-28(26-25-14)10-19(2,3)11-29/h6,9,13,18,29-30H,4-5,7-8,10-12H2,1-3H3/t13-,20+,21+/m0/s1. The highest BCUT2D eigenvalue weighted by Crippen LogP contribution is 2.53. The van der Waals surface area contributed by atoms with Crippen molar-refractivity contribution in [1.29, 1.82) is 0 Å². The van der Waals surface area contributed by atoms with Crippen LogP contribution in [0.15, 0.2) is 12.3 Å². The quantitative estimate of drug-likeness (QED) is 0.646. The van der Waals surface area contributed by atoms with Gasteiger partial charge in [-0.1, -0.05) is 30.7 Å². The van der Waals surface area contributed by atoms with E-state index in [1.807, 2.05) is 20.0 Å². The van der Waals surface area contributed by atoms with Crippen molar-refractivity contribution >= 4 is 22.9 Å². The minimum absolute atomic E-state index is 0.0584. The summed E-state index contributed by atoms with van der Waals surface area (Å²) in [5, 5.41) is 28.5. The van der Waals surface area contributed by atoms with Crippen molar-refractivity contribution < 1.29 is 23.7 Å². The Kier molecular flexibility index (Phi) is 6.41. The molecule has 4 rings (SSSR count). The minimum atomic E-state index is -2.96. The number of nitrogens with zero attached hydrogens (tertiary/aromatic N) is 4. The number of halogens is 3. The fourth-order valence-electron chi connectivity index (χ4n) is 4.60. The van der Waals surface area contributed by atoms with Crippen molar-refractivity contribution in [1.82, 2.24) is 19.9 Å². The van der Waals surface area contributed by atoms with Gasteiger partial charge in [-0.3, -0.25) is 9.58 Å². The summed E-state index contributed by atoms with van der Waals surface area (Å²) in [6.07, 6.45) is 0.139. The summed E-state index contributed by atoms with van der Waals surface area (Å²) < 4.78 is 35.4. The van der Waals surface area contributed by atoms with Crippen LogP contribution in [0, 0.1) is 5.41 Å². The highest BCUT2D eigenvalue weighted by Gasteiger charge is 2.54. The molecule has 4 heterocycles. The summed E-state index contributed by atoms with van der Waals surface area (Å²) in [4.78, 5) is 2.88. The van der Waals surface area contributed by atoms with Gasteiger partial charge in [0, 0.05) is 54.3 Å². The van der Waals surface area contributed by atoms with E-state index in [9.17, 15) is 19.0 Å². The van der Waals surface area contributed by atoms with Crippen molar-refractivity contribution in [2.75, 3.05) is 19.8 Å². The molecule has 178 valence electrons. The Hall–Kier alpha value is -1.17. The van der Waals surface area contributed by atoms with Crippen molar-refractivity contribution in [3.63, 3.8) is 0 Å². The fraction of sp³-hybridized carbons (Fsp3) is 0.714. The van der Waals surface area contributed by atoms with E-state index in [-0.39, 0.29) is 23.6 Å². The molecule has 2 aromatic heterocycles. The Morgan fingerprint density at radius 1 is 1.44 bits per heavy atom. The molecular weight excluding hydrogens is 462 g/mol. The molecule has 11 heteroatoms. The topological polar surface area (TPSA) is 83.6 Å². The number of ether oxygens (including phenoxy) is 1. The molecule has 0 aliphatic carbocycles. The number of hydrogen-bond acceptors (Lipinski definition) is 7. The van der Waals surface area contributed by atoms with Gasteiger partial charge in [-0.25, -0.2) is 8.78 Å². The Morgan fingerprint density at radius 3 is 2.84 bits per heavy atom. The third-order valence-electron chi connectivity index (χ3n) is 6.53. The summed E-state index contributed by atoms with van der Waals surface area (Å²) in [7, 11) is 0. The predicted molar refractivity (Wildman–Crippen MR) is 117 cm³/mol. The number of rotatable bonds is 6. The Balaban J connectivity index is 1.48. The predicted octanol–water partition coefficient (Wildman–Crippen LogP) is 3.37. The van der Waals surface area contributed by atoms with Crippen LogP contribution in [0.2, 0.25) is 4.34 Å². The molecule has 3 atom stereocenters. The molecule has 1 fully saturated rings. The van der Waals surface area contributed by atoms with E-state index in [2.05, 4.69) is 22.1 Å². The zero-order valence-corrected chi connectivity index (χ0v) is 20.0. The summed E-state index contributed by atoms with van der Waals surface area (Å²) in [6.45, 7) is 7.46. The lowest BCUT2D eigenvalue weighted by molar-refractivity contribution is -0.210. The highest BCUT2D eigenvalue weighted by atomic mass is 35.5. The molecule has 0 aromatic carbocycles. The molecular formula is C21H29ClF2N4O3S. The molecule has 32 heavy (non-hydrogen) atoms. The maximum Gasteiger partial charge on any atom is 0.273 e. The van der Waals surface area contributed by atoms with E-state index in [1.165, 1.54) is 17.4 Å². The molecule has 0 radical (unpaired) electrons. The van der Waals surface area contributed by atoms with Crippen LogP contribution >= 0.6 is 22.9 Å². The van der Waals surface area contributed by atoms with Crippen LogP contribution in [0.25, 0.3) is 0 Å². The molecule has 0 saturated carbocycles. The second kappa shape index (κ2) is 8.56. The van der Waals surface area contributed by atoms with Gasteiger partial charge in [-0.05, 0) is 25.8 Å². The highest BCUT2D eigenvalue weighted by molar-refractivity contribution is 7.16. The molecule has 2 N–H and O–H groups in total. The second-order valence-electron chi connectivity index (χ2n) is 9.80. The van der Waals surface area contributed by atoms with E-state index < -0.39 is 24.2 Å². The monoisotopic (exact) mass is 490 g/mol. The number of aliphatic hydroxyl groups is 2. The normalized spacial score (nSPS) is 29.1. The average molecular weight is 491 g/mol. The largest absolute Gasteiger partial charge is 0.396 e. The van der Waals surface area contributed by atoms with Crippen LogP contribution in [0.5, 0.6) is 0 Å². The summed E-state index contributed by atoms with van der Waals surface area (Å²) in [5.41, 5.74) is -2.31. The van der Waals surface area contributed by atoms with Crippen LogP contribution in [-0.4, -0.2) is 62.3 Å². The molecule has 0 unspecified atom stereocenters. The molecule has 1 saturated heterocycles. The van der Waals surface area contributed by atoms with E-state index in [0.29, 0.717) is 41.7 Å². The molecule has 0 amide bonds.